The Morgan fingerprint density at radius 3 is 2.30 bits per heavy atom. The Morgan fingerprint density at radius 1 is 1.05 bits per heavy atom. The van der Waals surface area contributed by atoms with Gasteiger partial charge in [0.1, 0.15) is 5.75 Å². The first kappa shape index (κ1) is 17.0. The number of nitrogens with one attached hydrogen (secondary N) is 1. The molecule has 1 rings (SSSR count). The standard InChI is InChI=1S/C17H29NO2/c1-5-18-16(10-6-14(2)19-3)11-7-15-8-12-17(20-4)13-9-15/h8-9,12-14,16,18H,5-7,10-11H2,1-4H3. The average Bonchev–Trinajstić information content (AvgIpc) is 2.50. The van der Waals surface area contributed by atoms with Gasteiger partial charge in [-0.2, -0.15) is 0 Å². The first-order chi connectivity index (χ1) is 9.69. The second kappa shape index (κ2) is 9.78. The maximum atomic E-state index is 5.33. The van der Waals surface area contributed by atoms with E-state index in [1.807, 2.05) is 12.1 Å². The fourth-order valence-corrected chi connectivity index (χ4v) is 2.32. The van der Waals surface area contributed by atoms with Crippen molar-refractivity contribution < 1.29 is 9.47 Å². The predicted octanol–water partition coefficient (Wildman–Crippen LogP) is 3.42. The Labute approximate surface area is 123 Å². The van der Waals surface area contributed by atoms with Gasteiger partial charge in [0.05, 0.1) is 13.2 Å². The summed E-state index contributed by atoms with van der Waals surface area (Å²) in [6.07, 6.45) is 4.88. The largest absolute Gasteiger partial charge is 0.497 e. The summed E-state index contributed by atoms with van der Waals surface area (Å²) < 4.78 is 10.5. The summed E-state index contributed by atoms with van der Waals surface area (Å²) in [4.78, 5) is 0. The highest BCUT2D eigenvalue weighted by molar-refractivity contribution is 5.27. The molecule has 1 N–H and O–H groups in total. The Bertz CT molecular complexity index is 351. The molecule has 1 aromatic rings. The first-order valence-corrected chi connectivity index (χ1v) is 7.58. The Balaban J connectivity index is 2.40. The van der Waals surface area contributed by atoms with Crippen molar-refractivity contribution in [3.8, 4) is 5.75 Å². The lowest BCUT2D eigenvalue weighted by Crippen LogP contribution is -2.30. The maximum absolute atomic E-state index is 5.33. The van der Waals surface area contributed by atoms with Gasteiger partial charge in [-0.15, -0.1) is 0 Å². The van der Waals surface area contributed by atoms with Crippen LogP contribution >= 0.6 is 0 Å². The van der Waals surface area contributed by atoms with Crippen LogP contribution in [0.15, 0.2) is 24.3 Å². The lowest BCUT2D eigenvalue weighted by atomic mass is 10.00. The predicted molar refractivity (Wildman–Crippen MR) is 84.5 cm³/mol. The SMILES string of the molecule is CCNC(CCc1ccc(OC)cc1)CCC(C)OC. The first-order valence-electron chi connectivity index (χ1n) is 7.58. The number of benzene rings is 1. The van der Waals surface area contributed by atoms with Crippen molar-refractivity contribution in [2.24, 2.45) is 0 Å². The van der Waals surface area contributed by atoms with Gasteiger partial charge in [0.2, 0.25) is 0 Å². The molecular weight excluding hydrogens is 250 g/mol. The molecule has 3 nitrogen and oxygen atoms in total. The van der Waals surface area contributed by atoms with Crippen LogP contribution in [0.5, 0.6) is 5.75 Å². The van der Waals surface area contributed by atoms with Crippen LogP contribution in [-0.2, 0) is 11.2 Å². The molecule has 0 heterocycles. The van der Waals surface area contributed by atoms with Crippen LogP contribution in [0.4, 0.5) is 0 Å². The van der Waals surface area contributed by atoms with Crippen molar-refractivity contribution in [3.05, 3.63) is 29.8 Å². The third-order valence-corrected chi connectivity index (χ3v) is 3.76. The van der Waals surface area contributed by atoms with E-state index < -0.39 is 0 Å². The third-order valence-electron chi connectivity index (χ3n) is 3.76. The summed E-state index contributed by atoms with van der Waals surface area (Å²) in [5.41, 5.74) is 1.37. The van der Waals surface area contributed by atoms with Crippen molar-refractivity contribution >= 4 is 0 Å². The van der Waals surface area contributed by atoms with E-state index >= 15 is 0 Å². The number of aryl methyl sites for hydroxylation is 1. The second-order valence-electron chi connectivity index (χ2n) is 5.27. The summed E-state index contributed by atoms with van der Waals surface area (Å²) in [5.74, 6) is 0.922. The molecule has 3 heteroatoms. The van der Waals surface area contributed by atoms with E-state index in [2.05, 4.69) is 31.3 Å². The van der Waals surface area contributed by atoms with Gasteiger partial charge in [-0.05, 0) is 56.8 Å². The normalized spacial score (nSPS) is 14.0. The smallest absolute Gasteiger partial charge is 0.118 e. The molecule has 0 saturated heterocycles. The van der Waals surface area contributed by atoms with E-state index in [1.54, 1.807) is 14.2 Å². The van der Waals surface area contributed by atoms with Gasteiger partial charge >= 0.3 is 0 Å². The highest BCUT2D eigenvalue weighted by Gasteiger charge is 2.10. The van der Waals surface area contributed by atoms with E-state index in [0.29, 0.717) is 12.1 Å². The summed E-state index contributed by atoms with van der Waals surface area (Å²) >= 11 is 0. The molecule has 114 valence electrons. The molecule has 2 unspecified atom stereocenters. The Kier molecular flexibility index (Phi) is 8.31. The molecule has 0 radical (unpaired) electrons. The van der Waals surface area contributed by atoms with Gasteiger partial charge in [0.15, 0.2) is 0 Å². The van der Waals surface area contributed by atoms with Gasteiger partial charge in [-0.25, -0.2) is 0 Å². The van der Waals surface area contributed by atoms with Gasteiger partial charge < -0.3 is 14.8 Å². The molecular formula is C17H29NO2. The lowest BCUT2D eigenvalue weighted by molar-refractivity contribution is 0.106. The summed E-state index contributed by atoms with van der Waals surface area (Å²) in [7, 11) is 3.48. The molecule has 0 bridgehead atoms. The molecule has 20 heavy (non-hydrogen) atoms. The maximum Gasteiger partial charge on any atom is 0.118 e. The Hall–Kier alpha value is -1.06. The van der Waals surface area contributed by atoms with E-state index in [4.69, 9.17) is 9.47 Å². The fraction of sp³-hybridized carbons (Fsp3) is 0.647. The summed E-state index contributed by atoms with van der Waals surface area (Å²) in [6.45, 7) is 5.32. The molecule has 0 saturated carbocycles. The third kappa shape index (κ3) is 6.40. The zero-order chi connectivity index (χ0) is 14.8. The number of methoxy groups -OCH3 is 2. The average molecular weight is 279 g/mol. The van der Waals surface area contributed by atoms with Crippen LogP contribution in [0.1, 0.15) is 38.7 Å². The number of hydrogen-bond donors (Lipinski definition) is 1. The molecule has 0 fully saturated rings. The zero-order valence-corrected chi connectivity index (χ0v) is 13.3. The zero-order valence-electron chi connectivity index (χ0n) is 13.3. The molecule has 0 aliphatic rings. The van der Waals surface area contributed by atoms with E-state index in [1.165, 1.54) is 12.0 Å². The van der Waals surface area contributed by atoms with E-state index in [-0.39, 0.29) is 0 Å². The number of hydrogen-bond acceptors (Lipinski definition) is 3. The number of ether oxygens (including phenoxy) is 2. The van der Waals surface area contributed by atoms with Gasteiger partial charge in [-0.3, -0.25) is 0 Å². The van der Waals surface area contributed by atoms with Crippen molar-refractivity contribution in [1.82, 2.24) is 5.32 Å². The lowest BCUT2D eigenvalue weighted by Gasteiger charge is -2.19. The highest BCUT2D eigenvalue weighted by atomic mass is 16.5. The minimum absolute atomic E-state index is 0.345. The molecule has 0 aromatic heterocycles. The van der Waals surface area contributed by atoms with E-state index in [0.717, 1.165) is 31.6 Å². The van der Waals surface area contributed by atoms with Crippen molar-refractivity contribution in [3.63, 3.8) is 0 Å². The minimum Gasteiger partial charge on any atom is -0.497 e. The Morgan fingerprint density at radius 2 is 1.75 bits per heavy atom. The summed E-state index contributed by atoms with van der Waals surface area (Å²) in [5, 5.41) is 3.57. The molecule has 0 aliphatic heterocycles. The van der Waals surface area contributed by atoms with Crippen LogP contribution < -0.4 is 10.1 Å². The molecule has 0 amide bonds. The minimum atomic E-state index is 0.345. The monoisotopic (exact) mass is 279 g/mol. The van der Waals surface area contributed by atoms with Crippen molar-refractivity contribution in [1.29, 1.82) is 0 Å². The van der Waals surface area contributed by atoms with Gasteiger partial charge in [0.25, 0.3) is 0 Å². The van der Waals surface area contributed by atoms with Crippen LogP contribution in [0, 0.1) is 0 Å². The van der Waals surface area contributed by atoms with Gasteiger partial charge in [0, 0.05) is 13.2 Å². The molecule has 2 atom stereocenters. The summed E-state index contributed by atoms with van der Waals surface area (Å²) in [6, 6.07) is 8.94. The second-order valence-corrected chi connectivity index (χ2v) is 5.27. The molecule has 0 aliphatic carbocycles. The fourth-order valence-electron chi connectivity index (χ4n) is 2.32. The van der Waals surface area contributed by atoms with E-state index in [9.17, 15) is 0 Å². The van der Waals surface area contributed by atoms with Gasteiger partial charge in [-0.1, -0.05) is 19.1 Å². The van der Waals surface area contributed by atoms with Crippen LogP contribution in [0.3, 0.4) is 0 Å². The van der Waals surface area contributed by atoms with Crippen LogP contribution in [-0.4, -0.2) is 32.9 Å². The van der Waals surface area contributed by atoms with Crippen LogP contribution in [0.2, 0.25) is 0 Å². The highest BCUT2D eigenvalue weighted by Crippen LogP contribution is 2.15. The molecule has 1 aromatic carbocycles. The topological polar surface area (TPSA) is 30.5 Å². The number of rotatable bonds is 10. The molecule has 0 spiro atoms. The quantitative estimate of drug-likeness (QED) is 0.712. The van der Waals surface area contributed by atoms with Crippen molar-refractivity contribution in [2.75, 3.05) is 20.8 Å². The van der Waals surface area contributed by atoms with Crippen molar-refractivity contribution in [2.45, 2.75) is 51.7 Å². The van der Waals surface area contributed by atoms with Crippen LogP contribution in [0.25, 0.3) is 0 Å².